The number of nitrogens with zero attached hydrogens (tertiary/aromatic N) is 3. The van der Waals surface area contributed by atoms with Crippen molar-refractivity contribution in [2.24, 2.45) is 0 Å². The van der Waals surface area contributed by atoms with E-state index in [0.717, 1.165) is 60.5 Å². The van der Waals surface area contributed by atoms with Gasteiger partial charge in [0.25, 0.3) is 0 Å². The molecule has 4 rings (SSSR count). The van der Waals surface area contributed by atoms with E-state index in [9.17, 15) is 0 Å². The van der Waals surface area contributed by atoms with E-state index in [4.69, 9.17) is 25.8 Å². The summed E-state index contributed by atoms with van der Waals surface area (Å²) in [6.45, 7) is 4.92. The Balaban J connectivity index is 1.37. The van der Waals surface area contributed by atoms with Crippen LogP contribution in [0.3, 0.4) is 0 Å². The summed E-state index contributed by atoms with van der Waals surface area (Å²) in [5.41, 5.74) is 2.20. The van der Waals surface area contributed by atoms with Crippen molar-refractivity contribution in [1.82, 2.24) is 9.88 Å². The first kappa shape index (κ1) is 16.3. The molecule has 0 amide bonds. The lowest BCUT2D eigenvalue weighted by atomic mass is 10.1. The molecule has 2 aliphatic heterocycles. The van der Waals surface area contributed by atoms with Gasteiger partial charge < -0.3 is 19.1 Å². The molecule has 0 atom stereocenters. The van der Waals surface area contributed by atoms with Crippen molar-refractivity contribution in [2.75, 3.05) is 45.0 Å². The third-order valence-electron chi connectivity index (χ3n) is 4.60. The van der Waals surface area contributed by atoms with E-state index < -0.39 is 0 Å². The molecular weight excluding hydrogens is 342 g/mol. The highest BCUT2D eigenvalue weighted by molar-refractivity contribution is 6.31. The maximum Gasteiger partial charge on any atom is 0.231 e. The fourth-order valence-corrected chi connectivity index (χ4v) is 3.38. The largest absolute Gasteiger partial charge is 0.481 e. The normalized spacial score (nSPS) is 17.0. The van der Waals surface area contributed by atoms with Crippen LogP contribution in [0.4, 0.5) is 5.69 Å². The number of piperazine rings is 1. The summed E-state index contributed by atoms with van der Waals surface area (Å²) >= 11 is 6.39. The van der Waals surface area contributed by atoms with Gasteiger partial charge in [-0.3, -0.25) is 4.90 Å². The summed E-state index contributed by atoms with van der Waals surface area (Å²) in [5.74, 6) is 2.15. The predicted molar refractivity (Wildman–Crippen MR) is 95.9 cm³/mol. The fraction of sp³-hybridized carbons (Fsp3) is 0.389. The molecule has 2 aromatic rings. The highest BCUT2D eigenvalue weighted by atomic mass is 35.5. The molecule has 1 fully saturated rings. The highest BCUT2D eigenvalue weighted by Gasteiger charge is 2.21. The summed E-state index contributed by atoms with van der Waals surface area (Å²) < 4.78 is 15.9. The second-order valence-electron chi connectivity index (χ2n) is 6.12. The summed E-state index contributed by atoms with van der Waals surface area (Å²) in [7, 11) is 1.63. The van der Waals surface area contributed by atoms with Crippen molar-refractivity contribution in [1.29, 1.82) is 0 Å². The van der Waals surface area contributed by atoms with E-state index >= 15 is 0 Å². The number of hydrogen-bond acceptors (Lipinski definition) is 6. The van der Waals surface area contributed by atoms with Crippen LogP contribution in [0.1, 0.15) is 5.56 Å². The average Bonchev–Trinajstić information content (AvgIpc) is 3.10. The quantitative estimate of drug-likeness (QED) is 0.834. The first-order valence-electron chi connectivity index (χ1n) is 8.28. The lowest BCUT2D eigenvalue weighted by molar-refractivity contribution is 0.174. The van der Waals surface area contributed by atoms with Gasteiger partial charge in [-0.1, -0.05) is 11.6 Å². The van der Waals surface area contributed by atoms with Crippen LogP contribution in [0.5, 0.6) is 17.4 Å². The molecule has 132 valence electrons. The number of rotatable bonds is 4. The number of pyridine rings is 1. The molecule has 0 aliphatic carbocycles. The smallest absolute Gasteiger partial charge is 0.231 e. The average molecular weight is 362 g/mol. The molecule has 3 heterocycles. The number of anilines is 1. The minimum atomic E-state index is 0.268. The van der Waals surface area contributed by atoms with E-state index in [1.165, 1.54) is 0 Å². The number of ether oxygens (including phenoxy) is 3. The molecule has 1 aromatic carbocycles. The zero-order chi connectivity index (χ0) is 17.2. The Labute approximate surface area is 151 Å². The summed E-state index contributed by atoms with van der Waals surface area (Å²) in [4.78, 5) is 9.02. The van der Waals surface area contributed by atoms with Gasteiger partial charge >= 0.3 is 0 Å². The molecule has 1 aromatic heterocycles. The third kappa shape index (κ3) is 3.45. The molecule has 0 unspecified atom stereocenters. The predicted octanol–water partition coefficient (Wildman–Crippen LogP) is 2.79. The Hall–Kier alpha value is -2.18. The van der Waals surface area contributed by atoms with Gasteiger partial charge in [-0.15, -0.1) is 0 Å². The van der Waals surface area contributed by atoms with Crippen molar-refractivity contribution in [3.05, 3.63) is 41.0 Å². The van der Waals surface area contributed by atoms with E-state index in [0.29, 0.717) is 5.88 Å². The molecule has 6 nitrogen and oxygen atoms in total. The van der Waals surface area contributed by atoms with Gasteiger partial charge in [-0.2, -0.15) is 0 Å². The zero-order valence-electron chi connectivity index (χ0n) is 14.1. The number of methoxy groups -OCH3 is 1. The zero-order valence-corrected chi connectivity index (χ0v) is 14.8. The minimum absolute atomic E-state index is 0.268. The van der Waals surface area contributed by atoms with E-state index in [1.807, 2.05) is 24.4 Å². The van der Waals surface area contributed by atoms with Gasteiger partial charge in [0, 0.05) is 49.9 Å². The summed E-state index contributed by atoms with van der Waals surface area (Å²) in [5, 5.41) is 0.728. The first-order chi connectivity index (χ1) is 12.2. The number of benzene rings is 1. The van der Waals surface area contributed by atoms with Gasteiger partial charge in [-0.05, 0) is 17.7 Å². The molecule has 7 heteroatoms. The first-order valence-corrected chi connectivity index (χ1v) is 8.66. The molecule has 0 saturated carbocycles. The topological polar surface area (TPSA) is 47.1 Å². The van der Waals surface area contributed by atoms with Crippen molar-refractivity contribution >= 4 is 17.3 Å². The highest BCUT2D eigenvalue weighted by Crippen LogP contribution is 2.37. The van der Waals surface area contributed by atoms with Crippen LogP contribution in [-0.4, -0.2) is 50.0 Å². The van der Waals surface area contributed by atoms with Crippen molar-refractivity contribution in [3.63, 3.8) is 0 Å². The molecule has 0 spiro atoms. The van der Waals surface area contributed by atoms with E-state index in [2.05, 4.69) is 20.9 Å². The van der Waals surface area contributed by atoms with Crippen LogP contribution in [0.25, 0.3) is 0 Å². The van der Waals surface area contributed by atoms with Gasteiger partial charge in [0.15, 0.2) is 11.5 Å². The van der Waals surface area contributed by atoms with Crippen molar-refractivity contribution < 1.29 is 14.2 Å². The molecule has 2 aliphatic rings. The maximum absolute atomic E-state index is 6.39. The maximum atomic E-state index is 6.39. The fourth-order valence-electron chi connectivity index (χ4n) is 3.17. The van der Waals surface area contributed by atoms with Crippen LogP contribution in [0, 0.1) is 0 Å². The monoisotopic (exact) mass is 361 g/mol. The molecule has 0 N–H and O–H groups in total. The lowest BCUT2D eigenvalue weighted by Crippen LogP contribution is -2.46. The summed E-state index contributed by atoms with van der Waals surface area (Å²) in [6, 6.07) is 7.78. The molecular formula is C18H20ClN3O3. The Kier molecular flexibility index (Phi) is 4.55. The summed E-state index contributed by atoms with van der Waals surface area (Å²) in [6.07, 6.45) is 1.86. The second kappa shape index (κ2) is 6.98. The van der Waals surface area contributed by atoms with Gasteiger partial charge in [0.1, 0.15) is 0 Å². The number of aromatic nitrogens is 1. The second-order valence-corrected chi connectivity index (χ2v) is 6.53. The van der Waals surface area contributed by atoms with Crippen LogP contribution in [0.15, 0.2) is 30.5 Å². The molecule has 0 bridgehead atoms. The van der Waals surface area contributed by atoms with Crippen molar-refractivity contribution in [2.45, 2.75) is 6.54 Å². The van der Waals surface area contributed by atoms with Gasteiger partial charge in [0.05, 0.1) is 19.0 Å². The lowest BCUT2D eigenvalue weighted by Gasteiger charge is -2.36. The van der Waals surface area contributed by atoms with E-state index in [1.54, 1.807) is 7.11 Å². The molecule has 0 radical (unpaired) electrons. The van der Waals surface area contributed by atoms with Crippen LogP contribution >= 0.6 is 11.6 Å². The van der Waals surface area contributed by atoms with Crippen LogP contribution in [0.2, 0.25) is 5.02 Å². The Morgan fingerprint density at radius 1 is 1.12 bits per heavy atom. The minimum Gasteiger partial charge on any atom is -0.481 e. The van der Waals surface area contributed by atoms with Crippen molar-refractivity contribution in [3.8, 4) is 17.4 Å². The standard InChI is InChI=1S/C18H20ClN3O3/c1-23-18-3-2-14(10-20-18)22-6-4-21(5-7-22)11-13-8-16-17(9-15(13)19)25-12-24-16/h2-3,8-10H,4-7,11-12H2,1H3. The van der Waals surface area contributed by atoms with Gasteiger partial charge in [0.2, 0.25) is 12.7 Å². The van der Waals surface area contributed by atoms with Gasteiger partial charge in [-0.25, -0.2) is 4.98 Å². The van der Waals surface area contributed by atoms with Crippen LogP contribution < -0.4 is 19.1 Å². The Morgan fingerprint density at radius 2 is 1.88 bits per heavy atom. The number of fused-ring (bicyclic) bond motifs is 1. The number of halogens is 1. The number of hydrogen-bond donors (Lipinski definition) is 0. The molecule has 1 saturated heterocycles. The SMILES string of the molecule is COc1ccc(N2CCN(Cc3cc4c(cc3Cl)OCO4)CC2)cn1. The Morgan fingerprint density at radius 3 is 2.56 bits per heavy atom. The molecule has 25 heavy (non-hydrogen) atoms. The van der Waals surface area contributed by atoms with Crippen LogP contribution in [-0.2, 0) is 6.54 Å². The Bertz CT molecular complexity index is 746. The van der Waals surface area contributed by atoms with E-state index in [-0.39, 0.29) is 6.79 Å². The third-order valence-corrected chi connectivity index (χ3v) is 4.95.